The van der Waals surface area contributed by atoms with Crippen LogP contribution in [0, 0.1) is 0 Å². The first kappa shape index (κ1) is 13.4. The van der Waals surface area contributed by atoms with E-state index in [0.29, 0.717) is 12.6 Å². The highest BCUT2D eigenvalue weighted by molar-refractivity contribution is 5.78. The van der Waals surface area contributed by atoms with E-state index >= 15 is 0 Å². The molecule has 2 N–H and O–H groups in total. The third-order valence-corrected chi connectivity index (χ3v) is 2.26. The van der Waals surface area contributed by atoms with Crippen LogP contribution < -0.4 is 10.6 Å². The lowest BCUT2D eigenvalue weighted by Gasteiger charge is -2.11. The zero-order chi connectivity index (χ0) is 10.8. The van der Waals surface area contributed by atoms with Gasteiger partial charge in [0.05, 0.1) is 6.54 Å². The van der Waals surface area contributed by atoms with Crippen LogP contribution in [0.2, 0.25) is 0 Å². The van der Waals surface area contributed by atoms with Gasteiger partial charge in [0, 0.05) is 6.04 Å². The Morgan fingerprint density at radius 3 is 2.57 bits per heavy atom. The number of nitrogens with one attached hydrogen (secondary N) is 2. The highest BCUT2D eigenvalue weighted by Crippen LogP contribution is 1.91. The van der Waals surface area contributed by atoms with Gasteiger partial charge in [0.15, 0.2) is 0 Å². The van der Waals surface area contributed by atoms with Crippen molar-refractivity contribution in [3.63, 3.8) is 0 Å². The van der Waals surface area contributed by atoms with E-state index in [1.807, 2.05) is 6.92 Å². The van der Waals surface area contributed by atoms with Gasteiger partial charge in [0.25, 0.3) is 0 Å². The van der Waals surface area contributed by atoms with Crippen molar-refractivity contribution in [1.29, 1.82) is 0 Å². The Balaban J connectivity index is 3.27. The number of carbonyl (C=O) groups is 1. The maximum atomic E-state index is 11.3. The van der Waals surface area contributed by atoms with Crippen LogP contribution in [0.1, 0.15) is 46.5 Å². The first-order valence-corrected chi connectivity index (χ1v) is 5.70. The van der Waals surface area contributed by atoms with Gasteiger partial charge in [0.2, 0.25) is 5.91 Å². The van der Waals surface area contributed by atoms with Crippen molar-refractivity contribution in [2.45, 2.75) is 52.5 Å². The predicted octanol–water partition coefficient (Wildman–Crippen LogP) is 1.68. The van der Waals surface area contributed by atoms with Crippen molar-refractivity contribution >= 4 is 5.91 Å². The van der Waals surface area contributed by atoms with Gasteiger partial charge < -0.3 is 10.6 Å². The molecule has 84 valence electrons. The maximum Gasteiger partial charge on any atom is 0.234 e. The highest BCUT2D eigenvalue weighted by Gasteiger charge is 2.03. The fourth-order valence-electron chi connectivity index (χ4n) is 1.13. The minimum Gasteiger partial charge on any atom is -0.353 e. The van der Waals surface area contributed by atoms with Gasteiger partial charge in [-0.25, -0.2) is 0 Å². The summed E-state index contributed by atoms with van der Waals surface area (Å²) in [6.07, 6.45) is 4.61. The zero-order valence-electron chi connectivity index (χ0n) is 9.73. The normalized spacial score (nSPS) is 12.5. The summed E-state index contributed by atoms with van der Waals surface area (Å²) in [6, 6.07) is 0.292. The van der Waals surface area contributed by atoms with Crippen molar-refractivity contribution in [2.24, 2.45) is 0 Å². The van der Waals surface area contributed by atoms with Crippen LogP contribution in [0.4, 0.5) is 0 Å². The summed E-state index contributed by atoms with van der Waals surface area (Å²) in [6.45, 7) is 7.67. The van der Waals surface area contributed by atoms with Crippen LogP contribution in [0.5, 0.6) is 0 Å². The SMILES string of the molecule is CCCCCNCC(=O)NC(C)CC. The van der Waals surface area contributed by atoms with Crippen molar-refractivity contribution in [3.8, 4) is 0 Å². The average Bonchev–Trinajstić information content (AvgIpc) is 2.17. The largest absolute Gasteiger partial charge is 0.353 e. The Labute approximate surface area is 87.6 Å². The molecule has 0 bridgehead atoms. The van der Waals surface area contributed by atoms with Gasteiger partial charge in [-0.05, 0) is 26.3 Å². The molecule has 0 aromatic carbocycles. The summed E-state index contributed by atoms with van der Waals surface area (Å²) in [4.78, 5) is 11.3. The maximum absolute atomic E-state index is 11.3. The molecule has 3 nitrogen and oxygen atoms in total. The lowest BCUT2D eigenvalue weighted by Crippen LogP contribution is -2.38. The van der Waals surface area contributed by atoms with Gasteiger partial charge in [-0.15, -0.1) is 0 Å². The molecule has 0 fully saturated rings. The third-order valence-electron chi connectivity index (χ3n) is 2.26. The Bertz CT molecular complexity index is 148. The van der Waals surface area contributed by atoms with Crippen molar-refractivity contribution < 1.29 is 4.79 Å². The molecule has 1 amide bonds. The van der Waals surface area contributed by atoms with Crippen LogP contribution in [0.25, 0.3) is 0 Å². The molecule has 1 atom stereocenters. The summed E-state index contributed by atoms with van der Waals surface area (Å²) < 4.78 is 0. The number of carbonyl (C=O) groups excluding carboxylic acids is 1. The molecule has 0 saturated heterocycles. The number of amides is 1. The molecule has 14 heavy (non-hydrogen) atoms. The minimum atomic E-state index is 0.107. The van der Waals surface area contributed by atoms with Crippen LogP contribution >= 0.6 is 0 Å². The van der Waals surface area contributed by atoms with Gasteiger partial charge in [-0.2, -0.15) is 0 Å². The molecule has 0 saturated carbocycles. The molecule has 0 spiro atoms. The molecule has 0 radical (unpaired) electrons. The Hall–Kier alpha value is -0.570. The van der Waals surface area contributed by atoms with Crippen LogP contribution in [0.15, 0.2) is 0 Å². The van der Waals surface area contributed by atoms with E-state index in [2.05, 4.69) is 24.5 Å². The molecular weight excluding hydrogens is 176 g/mol. The van der Waals surface area contributed by atoms with Crippen LogP contribution in [-0.4, -0.2) is 25.0 Å². The highest BCUT2D eigenvalue weighted by atomic mass is 16.1. The van der Waals surface area contributed by atoms with E-state index in [0.717, 1.165) is 19.4 Å². The van der Waals surface area contributed by atoms with E-state index in [9.17, 15) is 4.79 Å². The first-order valence-electron chi connectivity index (χ1n) is 5.70. The Morgan fingerprint density at radius 2 is 2.00 bits per heavy atom. The molecule has 1 unspecified atom stereocenters. The number of hydrogen-bond acceptors (Lipinski definition) is 2. The van der Waals surface area contributed by atoms with Gasteiger partial charge in [0.1, 0.15) is 0 Å². The fraction of sp³-hybridized carbons (Fsp3) is 0.909. The van der Waals surface area contributed by atoms with E-state index in [1.165, 1.54) is 12.8 Å². The fourth-order valence-corrected chi connectivity index (χ4v) is 1.13. The zero-order valence-corrected chi connectivity index (χ0v) is 9.73. The number of unbranched alkanes of at least 4 members (excludes halogenated alkanes) is 2. The minimum absolute atomic E-state index is 0.107. The molecule has 0 heterocycles. The number of rotatable bonds is 8. The van der Waals surface area contributed by atoms with Gasteiger partial charge in [-0.3, -0.25) is 4.79 Å². The summed E-state index contributed by atoms with van der Waals surface area (Å²) in [5.74, 6) is 0.107. The summed E-state index contributed by atoms with van der Waals surface area (Å²) in [5, 5.41) is 6.06. The molecule has 0 rings (SSSR count). The molecule has 0 aromatic heterocycles. The molecule has 0 aliphatic rings. The molecule has 0 aromatic rings. The lowest BCUT2D eigenvalue weighted by molar-refractivity contribution is -0.120. The monoisotopic (exact) mass is 200 g/mol. The molecular formula is C11H24N2O. The van der Waals surface area contributed by atoms with E-state index in [4.69, 9.17) is 0 Å². The molecule has 3 heteroatoms. The van der Waals surface area contributed by atoms with Gasteiger partial charge in [-0.1, -0.05) is 26.7 Å². The second kappa shape index (κ2) is 9.00. The van der Waals surface area contributed by atoms with Crippen molar-refractivity contribution in [2.75, 3.05) is 13.1 Å². The van der Waals surface area contributed by atoms with Crippen LogP contribution in [-0.2, 0) is 4.79 Å². The number of hydrogen-bond donors (Lipinski definition) is 2. The Morgan fingerprint density at radius 1 is 1.29 bits per heavy atom. The first-order chi connectivity index (χ1) is 6.70. The smallest absolute Gasteiger partial charge is 0.234 e. The van der Waals surface area contributed by atoms with E-state index in [-0.39, 0.29) is 5.91 Å². The van der Waals surface area contributed by atoms with E-state index < -0.39 is 0 Å². The van der Waals surface area contributed by atoms with Crippen LogP contribution in [0.3, 0.4) is 0 Å². The second-order valence-corrected chi connectivity index (χ2v) is 3.76. The van der Waals surface area contributed by atoms with Gasteiger partial charge >= 0.3 is 0 Å². The Kier molecular flexibility index (Phi) is 8.64. The molecule has 0 aliphatic carbocycles. The quantitative estimate of drug-likeness (QED) is 0.585. The summed E-state index contributed by atoms with van der Waals surface area (Å²) >= 11 is 0. The topological polar surface area (TPSA) is 41.1 Å². The predicted molar refractivity (Wildman–Crippen MR) is 60.3 cm³/mol. The van der Waals surface area contributed by atoms with Crippen molar-refractivity contribution in [3.05, 3.63) is 0 Å². The van der Waals surface area contributed by atoms with Crippen molar-refractivity contribution in [1.82, 2.24) is 10.6 Å². The van der Waals surface area contributed by atoms with E-state index in [1.54, 1.807) is 0 Å². The summed E-state index contributed by atoms with van der Waals surface area (Å²) in [7, 11) is 0. The summed E-state index contributed by atoms with van der Waals surface area (Å²) in [5.41, 5.74) is 0. The molecule has 0 aliphatic heterocycles. The second-order valence-electron chi connectivity index (χ2n) is 3.76. The third kappa shape index (κ3) is 8.05. The average molecular weight is 200 g/mol. The standard InChI is InChI=1S/C11H24N2O/c1-4-6-7-8-12-9-11(14)13-10(3)5-2/h10,12H,4-9H2,1-3H3,(H,13,14). The lowest BCUT2D eigenvalue weighted by atomic mass is 10.2.